The molecule has 0 saturated heterocycles. The molecular weight excluding hydrogens is 204 g/mol. The predicted molar refractivity (Wildman–Crippen MR) is 62.1 cm³/mol. The lowest BCUT2D eigenvalue weighted by molar-refractivity contribution is -0.107. The van der Waals surface area contributed by atoms with Crippen molar-refractivity contribution in [2.24, 2.45) is 0 Å². The van der Waals surface area contributed by atoms with Crippen molar-refractivity contribution < 1.29 is 14.3 Å². The molecule has 0 aliphatic heterocycles. The Morgan fingerprint density at radius 2 is 2.12 bits per heavy atom. The summed E-state index contributed by atoms with van der Waals surface area (Å²) in [6.45, 7) is 4.07. The lowest BCUT2D eigenvalue weighted by Crippen LogP contribution is -2.02. The number of hydrogen-bond donors (Lipinski definition) is 0. The Morgan fingerprint density at radius 1 is 1.44 bits per heavy atom. The van der Waals surface area contributed by atoms with Gasteiger partial charge in [0.05, 0.1) is 13.5 Å². The molecule has 1 aromatic rings. The van der Waals surface area contributed by atoms with Gasteiger partial charge in [-0.2, -0.15) is 0 Å². The molecule has 0 atom stereocenters. The molecule has 0 spiro atoms. The van der Waals surface area contributed by atoms with Crippen LogP contribution in [0.25, 0.3) is 0 Å². The van der Waals surface area contributed by atoms with E-state index in [0.29, 0.717) is 11.8 Å². The zero-order valence-electron chi connectivity index (χ0n) is 9.82. The number of methoxy groups -OCH3 is 1. The van der Waals surface area contributed by atoms with Crippen molar-refractivity contribution in [3.63, 3.8) is 0 Å². The number of benzene rings is 1. The Bertz CT molecular complexity index is 394. The van der Waals surface area contributed by atoms with Crippen molar-refractivity contribution in [3.05, 3.63) is 29.3 Å². The molecule has 0 amide bonds. The van der Waals surface area contributed by atoms with Gasteiger partial charge < -0.3 is 9.53 Å². The maximum atomic E-state index is 11.5. The molecule has 0 bridgehead atoms. The Labute approximate surface area is 95.4 Å². The average molecular weight is 220 g/mol. The normalized spacial score (nSPS) is 10.2. The second-order valence-electron chi connectivity index (χ2n) is 3.91. The van der Waals surface area contributed by atoms with Crippen LogP contribution in [0.3, 0.4) is 0 Å². The van der Waals surface area contributed by atoms with E-state index in [-0.39, 0.29) is 18.1 Å². The monoisotopic (exact) mass is 220 g/mol. The van der Waals surface area contributed by atoms with Crippen molar-refractivity contribution in [3.8, 4) is 5.75 Å². The predicted octanol–water partition coefficient (Wildman–Crippen LogP) is 2.59. The first-order chi connectivity index (χ1) is 7.60. The highest BCUT2D eigenvalue weighted by molar-refractivity contribution is 6.02. The first kappa shape index (κ1) is 12.4. The van der Waals surface area contributed by atoms with E-state index in [2.05, 4.69) is 0 Å². The van der Waals surface area contributed by atoms with E-state index in [1.807, 2.05) is 13.8 Å². The second kappa shape index (κ2) is 5.45. The van der Waals surface area contributed by atoms with Crippen LogP contribution in [-0.4, -0.2) is 19.2 Å². The van der Waals surface area contributed by atoms with E-state index in [0.717, 1.165) is 11.3 Å². The van der Waals surface area contributed by atoms with Crippen LogP contribution in [-0.2, 0) is 4.79 Å². The smallest absolute Gasteiger partial charge is 0.169 e. The van der Waals surface area contributed by atoms with E-state index >= 15 is 0 Å². The minimum Gasteiger partial charge on any atom is -0.496 e. The summed E-state index contributed by atoms with van der Waals surface area (Å²) in [7, 11) is 1.61. The van der Waals surface area contributed by atoms with Gasteiger partial charge in [-0.15, -0.1) is 0 Å². The fourth-order valence-corrected chi connectivity index (χ4v) is 1.55. The molecule has 16 heavy (non-hydrogen) atoms. The number of carbonyl (C=O) groups is 2. The van der Waals surface area contributed by atoms with Crippen LogP contribution in [0.15, 0.2) is 18.2 Å². The summed E-state index contributed by atoms with van der Waals surface area (Å²) in [5.74, 6) is 0.899. The highest BCUT2D eigenvalue weighted by atomic mass is 16.5. The number of rotatable bonds is 5. The Morgan fingerprint density at radius 3 is 2.62 bits per heavy atom. The number of ether oxygens (including phenoxy) is 1. The van der Waals surface area contributed by atoms with E-state index in [9.17, 15) is 9.59 Å². The van der Waals surface area contributed by atoms with Gasteiger partial charge in [0.2, 0.25) is 0 Å². The van der Waals surface area contributed by atoms with Gasteiger partial charge in [-0.05, 0) is 29.7 Å². The van der Waals surface area contributed by atoms with Crippen molar-refractivity contribution >= 4 is 12.1 Å². The topological polar surface area (TPSA) is 43.4 Å². The van der Waals surface area contributed by atoms with E-state index in [1.54, 1.807) is 25.3 Å². The summed E-state index contributed by atoms with van der Waals surface area (Å²) in [5.41, 5.74) is 1.55. The molecule has 0 aromatic heterocycles. The molecule has 3 nitrogen and oxygen atoms in total. The minimum absolute atomic E-state index is 0.0656. The number of aldehydes is 1. The van der Waals surface area contributed by atoms with Gasteiger partial charge in [0.15, 0.2) is 5.78 Å². The molecule has 0 saturated carbocycles. The van der Waals surface area contributed by atoms with Crippen molar-refractivity contribution in [2.45, 2.75) is 26.2 Å². The Balaban J connectivity index is 3.11. The third kappa shape index (κ3) is 2.69. The molecule has 0 N–H and O–H groups in total. The van der Waals surface area contributed by atoms with Gasteiger partial charge in [0, 0.05) is 5.56 Å². The summed E-state index contributed by atoms with van der Waals surface area (Å²) in [6, 6.07) is 5.26. The zero-order chi connectivity index (χ0) is 12.1. The SMILES string of the molecule is COc1ccc(C(=O)CC=O)cc1C(C)C. The van der Waals surface area contributed by atoms with Crippen LogP contribution in [0.2, 0.25) is 0 Å². The molecule has 86 valence electrons. The van der Waals surface area contributed by atoms with Crippen molar-refractivity contribution in [1.82, 2.24) is 0 Å². The van der Waals surface area contributed by atoms with Crippen molar-refractivity contribution in [2.75, 3.05) is 7.11 Å². The van der Waals surface area contributed by atoms with E-state index in [4.69, 9.17) is 4.74 Å². The standard InChI is InChI=1S/C13H16O3/c1-9(2)11-8-10(12(15)6-7-14)4-5-13(11)16-3/h4-5,7-9H,6H2,1-3H3. The van der Waals surface area contributed by atoms with Crippen LogP contribution < -0.4 is 4.74 Å². The molecular formula is C13H16O3. The first-order valence-corrected chi connectivity index (χ1v) is 5.25. The molecule has 3 heteroatoms. The second-order valence-corrected chi connectivity index (χ2v) is 3.91. The number of Topliss-reactive ketones (excluding diaryl/α,β-unsaturated/α-hetero) is 1. The fourth-order valence-electron chi connectivity index (χ4n) is 1.55. The maximum absolute atomic E-state index is 11.5. The average Bonchev–Trinajstić information content (AvgIpc) is 2.28. The third-order valence-electron chi connectivity index (χ3n) is 2.44. The largest absolute Gasteiger partial charge is 0.496 e. The van der Waals surface area contributed by atoms with Gasteiger partial charge in [0.25, 0.3) is 0 Å². The lowest BCUT2D eigenvalue weighted by atomic mass is 9.97. The fraction of sp³-hybridized carbons (Fsp3) is 0.385. The molecule has 1 aromatic carbocycles. The first-order valence-electron chi connectivity index (χ1n) is 5.25. The molecule has 0 unspecified atom stereocenters. The van der Waals surface area contributed by atoms with Gasteiger partial charge in [-0.25, -0.2) is 0 Å². The van der Waals surface area contributed by atoms with Gasteiger partial charge in [0.1, 0.15) is 12.0 Å². The maximum Gasteiger partial charge on any atom is 0.169 e. The molecule has 0 heterocycles. The minimum atomic E-state index is -0.153. The quantitative estimate of drug-likeness (QED) is 0.435. The third-order valence-corrected chi connectivity index (χ3v) is 2.44. The van der Waals surface area contributed by atoms with Crippen LogP contribution in [0.1, 0.15) is 42.1 Å². The molecule has 1 rings (SSSR count). The van der Waals surface area contributed by atoms with Crippen LogP contribution in [0.4, 0.5) is 0 Å². The Hall–Kier alpha value is -1.64. The van der Waals surface area contributed by atoms with Gasteiger partial charge in [-0.3, -0.25) is 4.79 Å². The molecule has 0 radical (unpaired) electrons. The zero-order valence-corrected chi connectivity index (χ0v) is 9.82. The highest BCUT2D eigenvalue weighted by Crippen LogP contribution is 2.27. The number of hydrogen-bond acceptors (Lipinski definition) is 3. The molecule has 0 fully saturated rings. The van der Waals surface area contributed by atoms with Crippen LogP contribution >= 0.6 is 0 Å². The molecule has 0 aliphatic carbocycles. The van der Waals surface area contributed by atoms with E-state index < -0.39 is 0 Å². The van der Waals surface area contributed by atoms with Crippen LogP contribution in [0, 0.1) is 0 Å². The van der Waals surface area contributed by atoms with Gasteiger partial charge >= 0.3 is 0 Å². The summed E-state index contributed by atoms with van der Waals surface area (Å²) < 4.78 is 5.22. The van der Waals surface area contributed by atoms with Crippen LogP contribution in [0.5, 0.6) is 5.75 Å². The summed E-state index contributed by atoms with van der Waals surface area (Å²) in [6.07, 6.45) is 0.561. The number of ketones is 1. The summed E-state index contributed by atoms with van der Waals surface area (Å²) >= 11 is 0. The highest BCUT2D eigenvalue weighted by Gasteiger charge is 2.11. The summed E-state index contributed by atoms with van der Waals surface area (Å²) in [4.78, 5) is 21.8. The summed E-state index contributed by atoms with van der Waals surface area (Å²) in [5, 5.41) is 0. The lowest BCUT2D eigenvalue weighted by Gasteiger charge is -2.12. The molecule has 0 aliphatic rings. The van der Waals surface area contributed by atoms with Crippen molar-refractivity contribution in [1.29, 1.82) is 0 Å². The van der Waals surface area contributed by atoms with Gasteiger partial charge in [-0.1, -0.05) is 13.8 Å². The Kier molecular flexibility index (Phi) is 4.23. The van der Waals surface area contributed by atoms with E-state index in [1.165, 1.54) is 0 Å². The number of carbonyl (C=O) groups excluding carboxylic acids is 2.